The highest BCUT2D eigenvalue weighted by atomic mass is 79.9. The Balaban J connectivity index is 2.49. The highest BCUT2D eigenvalue weighted by molar-refractivity contribution is 9.10. The molecule has 0 saturated carbocycles. The lowest BCUT2D eigenvalue weighted by Gasteiger charge is -2.05. The van der Waals surface area contributed by atoms with E-state index in [0.29, 0.717) is 5.92 Å². The summed E-state index contributed by atoms with van der Waals surface area (Å²) in [7, 11) is 0. The van der Waals surface area contributed by atoms with Gasteiger partial charge in [0.1, 0.15) is 0 Å². The van der Waals surface area contributed by atoms with Crippen molar-refractivity contribution in [2.24, 2.45) is 0 Å². The normalized spacial score (nSPS) is 24.7. The van der Waals surface area contributed by atoms with Crippen molar-refractivity contribution in [2.45, 2.75) is 25.2 Å². The molecule has 3 heteroatoms. The third-order valence-corrected chi connectivity index (χ3v) is 3.34. The highest BCUT2D eigenvalue weighted by Gasteiger charge is 2.32. The van der Waals surface area contributed by atoms with Crippen LogP contribution in [0.5, 0.6) is 0 Å². The predicted molar refractivity (Wildman–Crippen MR) is 57.6 cm³/mol. The number of fused-ring (bicyclic) bond motifs is 1. The smallest absolute Gasteiger partial charge is 0.311 e. The van der Waals surface area contributed by atoms with Crippen LogP contribution in [-0.2, 0) is 4.79 Å². The number of halogens is 1. The molecule has 0 spiro atoms. The minimum absolute atomic E-state index is 0.312. The number of carboxylic acid groups (broad SMARTS) is 1. The van der Waals surface area contributed by atoms with E-state index in [2.05, 4.69) is 22.9 Å². The first kappa shape index (κ1) is 9.71. The molecule has 2 atom stereocenters. The van der Waals surface area contributed by atoms with Crippen LogP contribution in [0.15, 0.2) is 22.7 Å². The van der Waals surface area contributed by atoms with Gasteiger partial charge in [0.05, 0.1) is 5.92 Å². The summed E-state index contributed by atoms with van der Waals surface area (Å²) < 4.78 is 1.02. The molecule has 0 bridgehead atoms. The first-order valence-electron chi connectivity index (χ1n) is 4.61. The zero-order valence-corrected chi connectivity index (χ0v) is 9.41. The van der Waals surface area contributed by atoms with Crippen LogP contribution < -0.4 is 0 Å². The van der Waals surface area contributed by atoms with Crippen molar-refractivity contribution in [3.05, 3.63) is 33.8 Å². The van der Waals surface area contributed by atoms with E-state index >= 15 is 0 Å². The van der Waals surface area contributed by atoms with Gasteiger partial charge < -0.3 is 5.11 Å². The second-order valence-electron chi connectivity index (χ2n) is 3.80. The van der Waals surface area contributed by atoms with Crippen molar-refractivity contribution < 1.29 is 9.90 Å². The third kappa shape index (κ3) is 1.46. The molecule has 1 aromatic carbocycles. The number of benzene rings is 1. The first-order valence-corrected chi connectivity index (χ1v) is 5.41. The SMILES string of the molecule is CC1CC(C(=O)O)c2ccc(Br)cc21. The van der Waals surface area contributed by atoms with Crippen molar-refractivity contribution in [3.63, 3.8) is 0 Å². The van der Waals surface area contributed by atoms with Gasteiger partial charge in [0.25, 0.3) is 0 Å². The predicted octanol–water partition coefficient (Wildman–Crippen LogP) is 3.12. The van der Waals surface area contributed by atoms with Gasteiger partial charge in [-0.1, -0.05) is 28.9 Å². The number of hydrogen-bond donors (Lipinski definition) is 1. The molecule has 1 aromatic rings. The number of carboxylic acids is 1. The summed E-state index contributed by atoms with van der Waals surface area (Å²) in [5.41, 5.74) is 2.15. The summed E-state index contributed by atoms with van der Waals surface area (Å²) in [4.78, 5) is 11.0. The van der Waals surface area contributed by atoms with E-state index in [4.69, 9.17) is 5.11 Å². The molecule has 0 radical (unpaired) electrons. The molecule has 0 aliphatic heterocycles. The van der Waals surface area contributed by atoms with Gasteiger partial charge in [0.15, 0.2) is 0 Å². The Hall–Kier alpha value is -0.830. The third-order valence-electron chi connectivity index (χ3n) is 2.84. The molecule has 1 aliphatic rings. The minimum Gasteiger partial charge on any atom is -0.481 e. The van der Waals surface area contributed by atoms with Gasteiger partial charge in [-0.15, -0.1) is 0 Å². The largest absolute Gasteiger partial charge is 0.481 e. The molecule has 2 unspecified atom stereocenters. The van der Waals surface area contributed by atoms with E-state index in [0.717, 1.165) is 16.5 Å². The molecule has 0 heterocycles. The topological polar surface area (TPSA) is 37.3 Å². The molecular weight excluding hydrogens is 244 g/mol. The molecule has 74 valence electrons. The Morgan fingerprint density at radius 1 is 1.50 bits per heavy atom. The molecule has 0 aromatic heterocycles. The van der Waals surface area contributed by atoms with Gasteiger partial charge in [-0.3, -0.25) is 4.79 Å². The van der Waals surface area contributed by atoms with Crippen LogP contribution in [0.1, 0.15) is 36.3 Å². The lowest BCUT2D eigenvalue weighted by Crippen LogP contribution is -2.07. The molecule has 0 fully saturated rings. The molecule has 0 saturated heterocycles. The van der Waals surface area contributed by atoms with E-state index in [1.807, 2.05) is 18.2 Å². The van der Waals surface area contributed by atoms with Gasteiger partial charge in [-0.05, 0) is 35.6 Å². The Kier molecular flexibility index (Phi) is 2.35. The Labute approximate surface area is 91.1 Å². The second kappa shape index (κ2) is 3.39. The Morgan fingerprint density at radius 3 is 2.86 bits per heavy atom. The van der Waals surface area contributed by atoms with Crippen molar-refractivity contribution in [3.8, 4) is 0 Å². The fourth-order valence-electron chi connectivity index (χ4n) is 2.13. The number of hydrogen-bond acceptors (Lipinski definition) is 1. The van der Waals surface area contributed by atoms with Gasteiger partial charge in [0.2, 0.25) is 0 Å². The van der Waals surface area contributed by atoms with E-state index in [-0.39, 0.29) is 5.92 Å². The zero-order chi connectivity index (χ0) is 10.3. The maximum absolute atomic E-state index is 11.0. The van der Waals surface area contributed by atoms with Crippen LogP contribution in [0.2, 0.25) is 0 Å². The van der Waals surface area contributed by atoms with E-state index in [1.165, 1.54) is 5.56 Å². The second-order valence-corrected chi connectivity index (χ2v) is 4.72. The van der Waals surface area contributed by atoms with Crippen molar-refractivity contribution in [1.82, 2.24) is 0 Å². The van der Waals surface area contributed by atoms with Crippen LogP contribution in [0.4, 0.5) is 0 Å². The lowest BCUT2D eigenvalue weighted by molar-refractivity contribution is -0.138. The number of aliphatic carboxylic acids is 1. The molecule has 0 amide bonds. The van der Waals surface area contributed by atoms with Crippen LogP contribution in [0, 0.1) is 0 Å². The fourth-order valence-corrected chi connectivity index (χ4v) is 2.51. The van der Waals surface area contributed by atoms with E-state index < -0.39 is 5.97 Å². The van der Waals surface area contributed by atoms with Gasteiger partial charge in [0, 0.05) is 4.47 Å². The summed E-state index contributed by atoms with van der Waals surface area (Å²) in [6.45, 7) is 2.08. The zero-order valence-electron chi connectivity index (χ0n) is 7.83. The number of rotatable bonds is 1. The van der Waals surface area contributed by atoms with Crippen LogP contribution in [0.3, 0.4) is 0 Å². The summed E-state index contributed by atoms with van der Waals surface area (Å²) in [5.74, 6) is -0.672. The summed E-state index contributed by atoms with van der Waals surface area (Å²) in [6.07, 6.45) is 0.723. The molecule has 14 heavy (non-hydrogen) atoms. The first-order chi connectivity index (χ1) is 6.59. The highest BCUT2D eigenvalue weighted by Crippen LogP contribution is 2.42. The maximum atomic E-state index is 11.0. The van der Waals surface area contributed by atoms with Crippen molar-refractivity contribution in [2.75, 3.05) is 0 Å². The van der Waals surface area contributed by atoms with Crippen molar-refractivity contribution in [1.29, 1.82) is 0 Å². The minimum atomic E-state index is -0.710. The Bertz CT molecular complexity index is 387. The quantitative estimate of drug-likeness (QED) is 0.837. The van der Waals surface area contributed by atoms with Gasteiger partial charge in [-0.2, -0.15) is 0 Å². The monoisotopic (exact) mass is 254 g/mol. The van der Waals surface area contributed by atoms with Gasteiger partial charge in [-0.25, -0.2) is 0 Å². The maximum Gasteiger partial charge on any atom is 0.311 e. The molecule has 1 aliphatic carbocycles. The average Bonchev–Trinajstić information content (AvgIpc) is 2.44. The Morgan fingerprint density at radius 2 is 2.21 bits per heavy atom. The molecule has 2 rings (SSSR count). The van der Waals surface area contributed by atoms with E-state index in [1.54, 1.807) is 0 Å². The van der Waals surface area contributed by atoms with Gasteiger partial charge >= 0.3 is 5.97 Å². The van der Waals surface area contributed by atoms with Crippen LogP contribution in [0.25, 0.3) is 0 Å². The van der Waals surface area contributed by atoms with Crippen LogP contribution in [-0.4, -0.2) is 11.1 Å². The average molecular weight is 255 g/mol. The lowest BCUT2D eigenvalue weighted by atomic mass is 10.0. The number of carbonyl (C=O) groups is 1. The molecule has 1 N–H and O–H groups in total. The summed E-state index contributed by atoms with van der Waals surface area (Å²) in [5, 5.41) is 9.04. The van der Waals surface area contributed by atoms with E-state index in [9.17, 15) is 4.79 Å². The van der Waals surface area contributed by atoms with Crippen molar-refractivity contribution >= 4 is 21.9 Å². The van der Waals surface area contributed by atoms with Crippen LogP contribution >= 0.6 is 15.9 Å². The standard InChI is InChI=1S/C11H11BrO2/c1-6-4-10(11(13)14)8-3-2-7(12)5-9(6)8/h2-3,5-6,10H,4H2,1H3,(H,13,14). The summed E-state index contributed by atoms with van der Waals surface area (Å²) in [6, 6.07) is 5.86. The summed E-state index contributed by atoms with van der Waals surface area (Å²) >= 11 is 3.40. The molecule has 2 nitrogen and oxygen atoms in total. The fraction of sp³-hybridized carbons (Fsp3) is 0.364. The molecular formula is C11H11BrO2.